The lowest BCUT2D eigenvalue weighted by Crippen LogP contribution is -2.34. The van der Waals surface area contributed by atoms with Crippen molar-refractivity contribution in [2.45, 2.75) is 71.1 Å². The molecule has 5 rings (SSSR count). The molecule has 1 aromatic rings. The zero-order valence-corrected chi connectivity index (χ0v) is 17.8. The molecule has 2 fully saturated rings. The van der Waals surface area contributed by atoms with Crippen LogP contribution in [0.3, 0.4) is 0 Å². The number of ether oxygens (including phenoxy) is 1. The minimum Gasteiger partial charge on any atom is -0.361 e. The number of carbonyl (C=O) groups is 1. The summed E-state index contributed by atoms with van der Waals surface area (Å²) >= 11 is 0. The van der Waals surface area contributed by atoms with Crippen LogP contribution in [-0.2, 0) is 16.1 Å². The molecule has 0 unspecified atom stereocenters. The molecular formula is C26H31NO2. The maximum absolute atomic E-state index is 12.9. The number of carbonyl (C=O) groups excluding carboxylic acids is 1. The van der Waals surface area contributed by atoms with Gasteiger partial charge >= 0.3 is 0 Å². The number of fused-ring (bicyclic) bond motifs is 2. The first-order valence-corrected chi connectivity index (χ1v) is 11.1. The van der Waals surface area contributed by atoms with E-state index in [9.17, 15) is 4.79 Å². The molecule has 1 amide bonds. The van der Waals surface area contributed by atoms with E-state index in [1.807, 2.05) is 30.3 Å². The van der Waals surface area contributed by atoms with Crippen LogP contribution in [0, 0.1) is 11.3 Å². The van der Waals surface area contributed by atoms with Gasteiger partial charge in [-0.05, 0) is 53.7 Å². The van der Waals surface area contributed by atoms with Gasteiger partial charge in [0.2, 0.25) is 5.91 Å². The fraction of sp³-hybridized carbons (Fsp3) is 0.500. The largest absolute Gasteiger partial charge is 0.361 e. The van der Waals surface area contributed by atoms with E-state index in [1.165, 1.54) is 24.8 Å². The van der Waals surface area contributed by atoms with Crippen LogP contribution in [0.1, 0.15) is 58.4 Å². The zero-order chi connectivity index (χ0) is 20.2. The van der Waals surface area contributed by atoms with E-state index >= 15 is 0 Å². The topological polar surface area (TPSA) is 41.6 Å². The average molecular weight is 390 g/mol. The lowest BCUT2D eigenvalue weighted by Gasteiger charge is -2.39. The minimum absolute atomic E-state index is 0.0299. The third-order valence-electron chi connectivity index (χ3n) is 7.60. The highest BCUT2D eigenvalue weighted by molar-refractivity contribution is 5.94. The van der Waals surface area contributed by atoms with Crippen molar-refractivity contribution < 1.29 is 9.53 Å². The molecule has 0 aromatic heterocycles. The van der Waals surface area contributed by atoms with Crippen molar-refractivity contribution in [2.75, 3.05) is 0 Å². The molecule has 0 bridgehead atoms. The highest BCUT2D eigenvalue weighted by Crippen LogP contribution is 2.65. The van der Waals surface area contributed by atoms with E-state index in [0.29, 0.717) is 18.9 Å². The summed E-state index contributed by atoms with van der Waals surface area (Å²) in [6.07, 6.45) is 9.89. The molecule has 152 valence electrons. The van der Waals surface area contributed by atoms with Gasteiger partial charge in [0.1, 0.15) is 5.60 Å². The molecule has 29 heavy (non-hydrogen) atoms. The third kappa shape index (κ3) is 3.02. The molecule has 3 aliphatic carbocycles. The Morgan fingerprint density at radius 1 is 1.17 bits per heavy atom. The summed E-state index contributed by atoms with van der Waals surface area (Å²) in [5.74, 6) is 0.600. The minimum atomic E-state index is -0.142. The van der Waals surface area contributed by atoms with Crippen LogP contribution < -0.4 is 5.32 Å². The lowest BCUT2D eigenvalue weighted by molar-refractivity contribution is -0.117. The number of nitrogens with one attached hydrogen (secondary N) is 1. The highest BCUT2D eigenvalue weighted by Gasteiger charge is 2.64. The lowest BCUT2D eigenvalue weighted by atomic mass is 9.64. The predicted octanol–water partition coefficient (Wildman–Crippen LogP) is 5.24. The Kier molecular flexibility index (Phi) is 4.36. The van der Waals surface area contributed by atoms with Gasteiger partial charge in [0.25, 0.3) is 0 Å². The molecule has 0 radical (unpaired) electrons. The van der Waals surface area contributed by atoms with E-state index in [1.54, 1.807) is 11.1 Å². The molecule has 1 aliphatic heterocycles. The van der Waals surface area contributed by atoms with Crippen LogP contribution >= 0.6 is 0 Å². The summed E-state index contributed by atoms with van der Waals surface area (Å²) in [4.78, 5) is 12.9. The van der Waals surface area contributed by atoms with Crippen molar-refractivity contribution in [2.24, 2.45) is 11.3 Å². The summed E-state index contributed by atoms with van der Waals surface area (Å²) in [5, 5.41) is 3.09. The van der Waals surface area contributed by atoms with Crippen molar-refractivity contribution in [3.63, 3.8) is 0 Å². The van der Waals surface area contributed by atoms with Gasteiger partial charge in [0.05, 0.1) is 6.10 Å². The van der Waals surface area contributed by atoms with Gasteiger partial charge < -0.3 is 10.1 Å². The number of hydrogen-bond acceptors (Lipinski definition) is 2. The molecule has 1 saturated heterocycles. The molecular weight excluding hydrogens is 358 g/mol. The maximum Gasteiger partial charge on any atom is 0.247 e. The van der Waals surface area contributed by atoms with Crippen LogP contribution in [0.4, 0.5) is 0 Å². The van der Waals surface area contributed by atoms with Crippen LogP contribution in [0.25, 0.3) is 0 Å². The first kappa shape index (κ1) is 18.9. The molecule has 3 atom stereocenters. The second-order valence-corrected chi connectivity index (χ2v) is 9.76. The first-order chi connectivity index (χ1) is 13.9. The zero-order valence-electron chi connectivity index (χ0n) is 17.8. The second-order valence-electron chi connectivity index (χ2n) is 9.76. The number of benzene rings is 1. The Balaban J connectivity index is 1.43. The van der Waals surface area contributed by atoms with Crippen molar-refractivity contribution in [1.82, 2.24) is 5.32 Å². The molecule has 1 N–H and O–H groups in total. The Morgan fingerprint density at radius 2 is 1.97 bits per heavy atom. The molecule has 1 spiro atoms. The fourth-order valence-electron chi connectivity index (χ4n) is 5.80. The summed E-state index contributed by atoms with van der Waals surface area (Å²) in [5.41, 5.74) is 6.65. The summed E-state index contributed by atoms with van der Waals surface area (Å²) < 4.78 is 6.35. The van der Waals surface area contributed by atoms with Gasteiger partial charge in [-0.25, -0.2) is 0 Å². The Bertz CT molecular complexity index is 939. The molecule has 3 heteroatoms. The van der Waals surface area contributed by atoms with Gasteiger partial charge in [-0.15, -0.1) is 0 Å². The normalized spacial score (nSPS) is 32.6. The molecule has 4 aliphatic rings. The molecule has 1 aromatic carbocycles. The monoisotopic (exact) mass is 389 g/mol. The molecule has 1 saturated carbocycles. The summed E-state index contributed by atoms with van der Waals surface area (Å²) in [6.45, 7) is 7.63. The number of epoxide rings is 1. The van der Waals surface area contributed by atoms with Gasteiger partial charge in [0, 0.05) is 18.5 Å². The van der Waals surface area contributed by atoms with Gasteiger partial charge in [-0.1, -0.05) is 68.8 Å². The van der Waals surface area contributed by atoms with Gasteiger partial charge in [0.15, 0.2) is 0 Å². The Morgan fingerprint density at radius 3 is 2.72 bits per heavy atom. The smallest absolute Gasteiger partial charge is 0.247 e. The van der Waals surface area contributed by atoms with Gasteiger partial charge in [-0.3, -0.25) is 4.79 Å². The average Bonchev–Trinajstić information content (AvgIpc) is 3.31. The highest BCUT2D eigenvalue weighted by atomic mass is 16.6. The number of hydrogen-bond donors (Lipinski definition) is 1. The Labute approximate surface area is 173 Å². The Hall–Kier alpha value is -2.13. The second kappa shape index (κ2) is 6.70. The van der Waals surface area contributed by atoms with E-state index in [0.717, 1.165) is 17.6 Å². The summed E-state index contributed by atoms with van der Waals surface area (Å²) in [6, 6.07) is 10.1. The molecule has 3 nitrogen and oxygen atoms in total. The van der Waals surface area contributed by atoms with Crippen LogP contribution in [0.5, 0.6) is 0 Å². The van der Waals surface area contributed by atoms with E-state index in [2.05, 4.69) is 38.2 Å². The van der Waals surface area contributed by atoms with Gasteiger partial charge in [-0.2, -0.15) is 0 Å². The van der Waals surface area contributed by atoms with Crippen LogP contribution in [-0.4, -0.2) is 17.6 Å². The third-order valence-corrected chi connectivity index (χ3v) is 7.60. The summed E-state index contributed by atoms with van der Waals surface area (Å²) in [7, 11) is 0. The fourth-order valence-corrected chi connectivity index (χ4v) is 5.80. The number of rotatable bonds is 4. The SMILES string of the molecule is CC(C)C1=C2C3=CC=C(C(=O)NCc4ccccc4)C[C@@H]4O[C@@]34CC[C@@]2(C)CC1. The maximum atomic E-state index is 12.9. The van der Waals surface area contributed by atoms with E-state index < -0.39 is 0 Å². The van der Waals surface area contributed by atoms with E-state index in [-0.39, 0.29) is 23.0 Å². The number of allylic oxidation sites excluding steroid dienone is 3. The number of amides is 1. The van der Waals surface area contributed by atoms with Crippen LogP contribution in [0.15, 0.2) is 64.8 Å². The van der Waals surface area contributed by atoms with Crippen molar-refractivity contribution in [3.8, 4) is 0 Å². The molecule has 1 heterocycles. The van der Waals surface area contributed by atoms with Crippen molar-refractivity contribution >= 4 is 5.91 Å². The van der Waals surface area contributed by atoms with Crippen molar-refractivity contribution in [3.05, 3.63) is 70.3 Å². The standard InChI is InChI=1S/C26H31NO2/c1-17(2)20-11-12-25(3)13-14-26-21(23(20)25)10-9-19(15-22(26)29-26)24(28)27-16-18-7-5-4-6-8-18/h4-10,17,22H,11-16H2,1-3H3,(H,27,28)/t22-,25+,26-/m0/s1. The first-order valence-electron chi connectivity index (χ1n) is 11.1. The van der Waals surface area contributed by atoms with Crippen LogP contribution in [0.2, 0.25) is 0 Å². The quantitative estimate of drug-likeness (QED) is 0.715. The van der Waals surface area contributed by atoms with E-state index in [4.69, 9.17) is 4.74 Å². The predicted molar refractivity (Wildman–Crippen MR) is 115 cm³/mol. The van der Waals surface area contributed by atoms with Crippen molar-refractivity contribution in [1.29, 1.82) is 0 Å².